The van der Waals surface area contributed by atoms with Crippen molar-refractivity contribution in [3.63, 3.8) is 0 Å². The minimum Gasteiger partial charge on any atom is -0.480 e. The molecule has 0 aromatic carbocycles. The Hall–Kier alpha value is -1.97. The Morgan fingerprint density at radius 3 is 2.42 bits per heavy atom. The van der Waals surface area contributed by atoms with Crippen LogP contribution in [0.15, 0.2) is 0 Å². The Kier molecular flexibility index (Phi) is 8.09. The number of carboxylic acid groups (broad SMARTS) is 1. The highest BCUT2D eigenvalue weighted by Gasteiger charge is 2.21. The quantitative estimate of drug-likeness (QED) is 0.399. The molecule has 0 unspecified atom stereocenters. The van der Waals surface area contributed by atoms with Gasteiger partial charge in [0.05, 0.1) is 13.0 Å². The zero-order valence-electron chi connectivity index (χ0n) is 9.90. The third-order valence-electron chi connectivity index (χ3n) is 1.78. The fourth-order valence-electron chi connectivity index (χ4n) is 1.02. The minimum atomic E-state index is -2.60. The number of primary amides is 1. The summed E-state index contributed by atoms with van der Waals surface area (Å²) in [7, 11) is 0. The van der Waals surface area contributed by atoms with E-state index in [1.807, 2.05) is 5.32 Å². The standard InChI is InChI=1S/C9H15F2N3O5/c10-6(11)4-19-2-1-13-9(18)14-5(8(16)17)3-7(12)15/h5-6H,1-4H2,(H2,12,15)(H,16,17)(H2,13,14,18)/t5-/m1/s1. The molecule has 0 saturated heterocycles. The fraction of sp³-hybridized carbons (Fsp3) is 0.667. The molecule has 0 saturated carbocycles. The zero-order valence-corrected chi connectivity index (χ0v) is 9.90. The number of ether oxygens (including phenoxy) is 1. The van der Waals surface area contributed by atoms with Gasteiger partial charge in [0.2, 0.25) is 5.91 Å². The minimum absolute atomic E-state index is 0.0819. The van der Waals surface area contributed by atoms with Crippen LogP contribution in [0, 0.1) is 0 Å². The third kappa shape index (κ3) is 9.71. The van der Waals surface area contributed by atoms with Crippen molar-refractivity contribution in [2.24, 2.45) is 5.73 Å². The predicted molar refractivity (Wildman–Crippen MR) is 58.6 cm³/mol. The van der Waals surface area contributed by atoms with Crippen molar-refractivity contribution in [1.29, 1.82) is 0 Å². The second-order valence-electron chi connectivity index (χ2n) is 3.43. The summed E-state index contributed by atoms with van der Waals surface area (Å²) in [4.78, 5) is 32.4. The van der Waals surface area contributed by atoms with Gasteiger partial charge in [0, 0.05) is 6.54 Å². The first-order valence-electron chi connectivity index (χ1n) is 5.24. The first-order valence-corrected chi connectivity index (χ1v) is 5.24. The molecule has 0 rings (SSSR count). The van der Waals surface area contributed by atoms with Gasteiger partial charge in [-0.3, -0.25) is 4.79 Å². The number of carbonyl (C=O) groups is 3. The maximum Gasteiger partial charge on any atom is 0.326 e. The van der Waals surface area contributed by atoms with E-state index in [-0.39, 0.29) is 13.2 Å². The number of hydrogen-bond donors (Lipinski definition) is 4. The number of nitrogens with two attached hydrogens (primary N) is 1. The van der Waals surface area contributed by atoms with Crippen LogP contribution in [0.3, 0.4) is 0 Å². The third-order valence-corrected chi connectivity index (χ3v) is 1.78. The van der Waals surface area contributed by atoms with Crippen molar-refractivity contribution in [3.8, 4) is 0 Å². The van der Waals surface area contributed by atoms with Gasteiger partial charge in [-0.05, 0) is 0 Å². The molecule has 110 valence electrons. The van der Waals surface area contributed by atoms with E-state index in [0.717, 1.165) is 0 Å². The van der Waals surface area contributed by atoms with Crippen molar-refractivity contribution >= 4 is 17.9 Å². The highest BCUT2D eigenvalue weighted by molar-refractivity contribution is 5.87. The lowest BCUT2D eigenvalue weighted by Gasteiger charge is -2.13. The molecule has 0 bridgehead atoms. The number of carboxylic acids is 1. The highest BCUT2D eigenvalue weighted by atomic mass is 19.3. The Labute approximate surface area is 107 Å². The lowest BCUT2D eigenvalue weighted by molar-refractivity contribution is -0.140. The molecule has 8 nitrogen and oxygen atoms in total. The van der Waals surface area contributed by atoms with Gasteiger partial charge in [-0.1, -0.05) is 0 Å². The number of rotatable bonds is 9. The highest BCUT2D eigenvalue weighted by Crippen LogP contribution is 1.92. The lowest BCUT2D eigenvalue weighted by Crippen LogP contribution is -2.48. The van der Waals surface area contributed by atoms with Gasteiger partial charge >= 0.3 is 12.0 Å². The van der Waals surface area contributed by atoms with E-state index in [4.69, 9.17) is 10.8 Å². The van der Waals surface area contributed by atoms with Crippen LogP contribution in [0.2, 0.25) is 0 Å². The molecule has 0 heterocycles. The number of alkyl halides is 2. The van der Waals surface area contributed by atoms with Crippen molar-refractivity contribution in [3.05, 3.63) is 0 Å². The molecule has 0 aromatic heterocycles. The molecule has 0 spiro atoms. The molecule has 0 aliphatic rings. The van der Waals surface area contributed by atoms with Crippen LogP contribution >= 0.6 is 0 Å². The Balaban J connectivity index is 3.87. The van der Waals surface area contributed by atoms with Crippen LogP contribution in [0.1, 0.15) is 6.42 Å². The molecule has 19 heavy (non-hydrogen) atoms. The van der Waals surface area contributed by atoms with Gasteiger partial charge in [0.15, 0.2) is 0 Å². The van der Waals surface area contributed by atoms with E-state index in [0.29, 0.717) is 0 Å². The number of aliphatic carboxylic acids is 1. The zero-order chi connectivity index (χ0) is 14.8. The average molecular weight is 283 g/mol. The summed E-state index contributed by atoms with van der Waals surface area (Å²) < 4.78 is 27.8. The average Bonchev–Trinajstić information content (AvgIpc) is 2.26. The van der Waals surface area contributed by atoms with Gasteiger partial charge in [0.25, 0.3) is 6.43 Å². The predicted octanol–water partition coefficient (Wildman–Crippen LogP) is -1.10. The molecule has 3 amide bonds. The van der Waals surface area contributed by atoms with Crippen molar-refractivity contribution in [2.45, 2.75) is 18.9 Å². The van der Waals surface area contributed by atoms with Crippen LogP contribution in [0.5, 0.6) is 0 Å². The topological polar surface area (TPSA) is 131 Å². The Morgan fingerprint density at radius 1 is 1.32 bits per heavy atom. The Bertz CT molecular complexity index is 327. The molecule has 0 radical (unpaired) electrons. The number of hydrogen-bond acceptors (Lipinski definition) is 4. The van der Waals surface area contributed by atoms with E-state index in [2.05, 4.69) is 10.1 Å². The summed E-state index contributed by atoms with van der Waals surface area (Å²) in [6, 6.07) is -2.31. The summed E-state index contributed by atoms with van der Waals surface area (Å²) in [6.07, 6.45) is -3.15. The van der Waals surface area contributed by atoms with E-state index in [9.17, 15) is 23.2 Å². The van der Waals surface area contributed by atoms with Crippen molar-refractivity contribution in [2.75, 3.05) is 19.8 Å². The molecule has 0 aliphatic heterocycles. The van der Waals surface area contributed by atoms with Crippen LogP contribution in [-0.4, -0.2) is 55.2 Å². The molecule has 5 N–H and O–H groups in total. The molecular weight excluding hydrogens is 268 g/mol. The fourth-order valence-corrected chi connectivity index (χ4v) is 1.02. The van der Waals surface area contributed by atoms with E-state index < -0.39 is 43.4 Å². The van der Waals surface area contributed by atoms with Crippen molar-refractivity contribution in [1.82, 2.24) is 10.6 Å². The first kappa shape index (κ1) is 17.0. The summed E-state index contributed by atoms with van der Waals surface area (Å²) in [5.41, 5.74) is 4.81. The molecule has 0 aromatic rings. The summed E-state index contributed by atoms with van der Waals surface area (Å²) >= 11 is 0. The van der Waals surface area contributed by atoms with E-state index in [1.165, 1.54) is 0 Å². The summed E-state index contributed by atoms with van der Waals surface area (Å²) in [5.74, 6) is -2.30. The first-order chi connectivity index (χ1) is 8.82. The second-order valence-corrected chi connectivity index (χ2v) is 3.43. The molecule has 10 heteroatoms. The SMILES string of the molecule is NC(=O)C[C@@H](NC(=O)NCCOCC(F)F)C(=O)O. The van der Waals surface area contributed by atoms with Gasteiger partial charge in [-0.25, -0.2) is 18.4 Å². The Morgan fingerprint density at radius 2 is 1.95 bits per heavy atom. The van der Waals surface area contributed by atoms with Gasteiger partial charge in [0.1, 0.15) is 12.6 Å². The maximum atomic E-state index is 11.7. The molecule has 1 atom stereocenters. The van der Waals surface area contributed by atoms with Gasteiger partial charge < -0.3 is 26.2 Å². The number of urea groups is 1. The monoisotopic (exact) mass is 283 g/mol. The van der Waals surface area contributed by atoms with Gasteiger partial charge in [-0.2, -0.15) is 0 Å². The molecule has 0 fully saturated rings. The van der Waals surface area contributed by atoms with E-state index >= 15 is 0 Å². The lowest BCUT2D eigenvalue weighted by atomic mass is 10.2. The number of halogens is 2. The molecule has 0 aliphatic carbocycles. The number of nitrogens with one attached hydrogen (secondary N) is 2. The van der Waals surface area contributed by atoms with Crippen LogP contribution in [-0.2, 0) is 14.3 Å². The van der Waals surface area contributed by atoms with Gasteiger partial charge in [-0.15, -0.1) is 0 Å². The summed E-state index contributed by atoms with van der Waals surface area (Å²) in [5, 5.41) is 12.9. The normalized spacial score (nSPS) is 11.9. The van der Waals surface area contributed by atoms with Crippen molar-refractivity contribution < 1.29 is 33.0 Å². The molecular formula is C9H15F2N3O5. The number of carbonyl (C=O) groups excluding carboxylic acids is 2. The maximum absolute atomic E-state index is 11.7. The number of amides is 3. The smallest absolute Gasteiger partial charge is 0.326 e. The van der Waals surface area contributed by atoms with E-state index in [1.54, 1.807) is 0 Å². The summed E-state index contributed by atoms with van der Waals surface area (Å²) in [6.45, 7) is -0.977. The second kappa shape index (κ2) is 9.03. The van der Waals surface area contributed by atoms with Crippen LogP contribution in [0.25, 0.3) is 0 Å². The largest absolute Gasteiger partial charge is 0.480 e. The van der Waals surface area contributed by atoms with Crippen LogP contribution in [0.4, 0.5) is 13.6 Å². The van der Waals surface area contributed by atoms with Crippen LogP contribution < -0.4 is 16.4 Å².